The lowest BCUT2D eigenvalue weighted by Crippen LogP contribution is -2.38. The Hall–Kier alpha value is -1.50. The van der Waals surface area contributed by atoms with Gasteiger partial charge in [-0.05, 0) is 18.6 Å². The molecule has 0 bridgehead atoms. The molecule has 19 heavy (non-hydrogen) atoms. The number of aliphatic carboxylic acids is 1. The van der Waals surface area contributed by atoms with Crippen molar-refractivity contribution >= 4 is 40.9 Å². The summed E-state index contributed by atoms with van der Waals surface area (Å²) in [5.74, 6) is -1.42. The highest BCUT2D eigenvalue weighted by Crippen LogP contribution is 2.32. The predicted molar refractivity (Wildman–Crippen MR) is 71.9 cm³/mol. The fourth-order valence-corrected chi connectivity index (χ4v) is 1.67. The molecule has 0 aliphatic heterocycles. The molecule has 0 fully saturated rings. The van der Waals surface area contributed by atoms with Crippen LogP contribution in [0.15, 0.2) is 12.1 Å². The number of carboxylic acids is 1. The van der Waals surface area contributed by atoms with E-state index in [1.165, 1.54) is 0 Å². The number of anilines is 1. The van der Waals surface area contributed by atoms with Crippen LogP contribution in [-0.2, 0) is 4.79 Å². The van der Waals surface area contributed by atoms with Crippen LogP contribution in [0.3, 0.4) is 0 Å². The summed E-state index contributed by atoms with van der Waals surface area (Å²) in [6.45, 7) is 1.32. The largest absolute Gasteiger partial charge is 0.479 e. The van der Waals surface area contributed by atoms with Crippen LogP contribution >= 0.6 is 23.2 Å². The summed E-state index contributed by atoms with van der Waals surface area (Å²) in [7, 11) is 0. The highest BCUT2D eigenvalue weighted by molar-refractivity contribution is 6.40. The summed E-state index contributed by atoms with van der Waals surface area (Å²) in [6.07, 6.45) is -1.67. The first-order valence-electron chi connectivity index (χ1n) is 5.23. The number of amides is 2. The van der Waals surface area contributed by atoms with Crippen molar-refractivity contribution in [2.75, 3.05) is 11.9 Å². The van der Waals surface area contributed by atoms with Crippen molar-refractivity contribution in [3.63, 3.8) is 0 Å². The van der Waals surface area contributed by atoms with E-state index < -0.39 is 24.6 Å². The van der Waals surface area contributed by atoms with Gasteiger partial charge in [0.25, 0.3) is 0 Å². The molecule has 4 N–H and O–H groups in total. The molecule has 0 aliphatic carbocycles. The van der Waals surface area contributed by atoms with Gasteiger partial charge in [-0.25, -0.2) is 9.59 Å². The van der Waals surface area contributed by atoms with Crippen LogP contribution in [0.2, 0.25) is 10.0 Å². The number of rotatable bonds is 4. The third kappa shape index (κ3) is 4.27. The van der Waals surface area contributed by atoms with E-state index in [1.807, 2.05) is 0 Å². The molecule has 0 unspecified atom stereocenters. The molecular formula is C11H12Cl2N2O4. The van der Waals surface area contributed by atoms with Crippen molar-refractivity contribution in [3.05, 3.63) is 27.7 Å². The van der Waals surface area contributed by atoms with Gasteiger partial charge in [0.2, 0.25) is 0 Å². The second-order valence-corrected chi connectivity index (χ2v) is 4.53. The number of carboxylic acid groups (broad SMARTS) is 1. The van der Waals surface area contributed by atoms with Crippen molar-refractivity contribution < 1.29 is 19.8 Å². The lowest BCUT2D eigenvalue weighted by Gasteiger charge is -2.12. The van der Waals surface area contributed by atoms with E-state index in [1.54, 1.807) is 19.1 Å². The summed E-state index contributed by atoms with van der Waals surface area (Å²) < 4.78 is 0. The zero-order valence-electron chi connectivity index (χ0n) is 9.91. The summed E-state index contributed by atoms with van der Waals surface area (Å²) in [6, 6.07) is 2.56. The molecule has 1 rings (SSSR count). The Morgan fingerprint density at radius 3 is 2.58 bits per heavy atom. The summed E-state index contributed by atoms with van der Waals surface area (Å²) in [4.78, 5) is 21.9. The average molecular weight is 307 g/mol. The normalized spacial score (nSPS) is 11.8. The Bertz CT molecular complexity index is 508. The first kappa shape index (κ1) is 15.6. The number of aliphatic hydroxyl groups excluding tert-OH is 1. The Labute approximate surface area is 119 Å². The topological polar surface area (TPSA) is 98.7 Å². The van der Waals surface area contributed by atoms with Crippen molar-refractivity contribution in [1.29, 1.82) is 0 Å². The summed E-state index contributed by atoms with van der Waals surface area (Å²) in [5.41, 5.74) is 0.956. The van der Waals surface area contributed by atoms with E-state index in [2.05, 4.69) is 10.6 Å². The molecule has 1 aromatic rings. The molecule has 0 spiro atoms. The molecule has 0 heterocycles. The number of hydrogen-bond acceptors (Lipinski definition) is 3. The molecule has 0 radical (unpaired) electrons. The number of aryl methyl sites for hydroxylation is 1. The van der Waals surface area contributed by atoms with Crippen LogP contribution in [0.25, 0.3) is 0 Å². The zero-order chi connectivity index (χ0) is 14.6. The predicted octanol–water partition coefficient (Wildman–Crippen LogP) is 1.87. The number of nitrogens with one attached hydrogen (secondary N) is 2. The van der Waals surface area contributed by atoms with E-state index in [0.29, 0.717) is 5.02 Å². The molecule has 2 amide bonds. The molecule has 0 saturated carbocycles. The Kier molecular flexibility index (Phi) is 5.41. The minimum absolute atomic E-state index is 0.227. The summed E-state index contributed by atoms with van der Waals surface area (Å²) >= 11 is 11.9. The van der Waals surface area contributed by atoms with Crippen LogP contribution in [-0.4, -0.2) is 34.9 Å². The lowest BCUT2D eigenvalue weighted by molar-refractivity contribution is -0.146. The lowest BCUT2D eigenvalue weighted by atomic mass is 10.2. The maximum atomic E-state index is 11.5. The Morgan fingerprint density at radius 2 is 2.00 bits per heavy atom. The molecule has 8 heteroatoms. The minimum Gasteiger partial charge on any atom is -0.479 e. The summed E-state index contributed by atoms with van der Waals surface area (Å²) in [5, 5.41) is 22.6. The molecule has 104 valence electrons. The van der Waals surface area contributed by atoms with Gasteiger partial charge < -0.3 is 20.8 Å². The van der Waals surface area contributed by atoms with Gasteiger partial charge in [0.15, 0.2) is 6.10 Å². The number of carbonyl (C=O) groups is 2. The number of carbonyl (C=O) groups excluding carboxylic acids is 1. The van der Waals surface area contributed by atoms with Crippen molar-refractivity contribution in [3.8, 4) is 0 Å². The van der Waals surface area contributed by atoms with Gasteiger partial charge in [0, 0.05) is 0 Å². The Morgan fingerprint density at radius 1 is 1.37 bits per heavy atom. The van der Waals surface area contributed by atoms with E-state index in [0.717, 1.165) is 5.56 Å². The van der Waals surface area contributed by atoms with Crippen molar-refractivity contribution in [2.24, 2.45) is 0 Å². The van der Waals surface area contributed by atoms with Gasteiger partial charge in [-0.1, -0.05) is 29.3 Å². The monoisotopic (exact) mass is 306 g/mol. The van der Waals surface area contributed by atoms with Gasteiger partial charge >= 0.3 is 12.0 Å². The fourth-order valence-electron chi connectivity index (χ4n) is 1.21. The molecule has 0 saturated heterocycles. The van der Waals surface area contributed by atoms with Crippen LogP contribution < -0.4 is 10.6 Å². The zero-order valence-corrected chi connectivity index (χ0v) is 11.4. The molecular weight excluding hydrogens is 295 g/mol. The SMILES string of the molecule is Cc1ccc(Cl)c(NC(=O)NC[C@H](O)C(=O)O)c1Cl. The maximum Gasteiger partial charge on any atom is 0.334 e. The second kappa shape index (κ2) is 6.60. The molecule has 1 atom stereocenters. The number of benzene rings is 1. The average Bonchev–Trinajstić information content (AvgIpc) is 2.36. The van der Waals surface area contributed by atoms with Crippen LogP contribution in [0, 0.1) is 6.92 Å². The molecule has 0 aliphatic rings. The number of hydrogen-bond donors (Lipinski definition) is 4. The number of halogens is 2. The highest BCUT2D eigenvalue weighted by Gasteiger charge is 2.16. The van der Waals surface area contributed by atoms with Crippen molar-refractivity contribution in [1.82, 2.24) is 5.32 Å². The second-order valence-electron chi connectivity index (χ2n) is 3.74. The van der Waals surface area contributed by atoms with Crippen molar-refractivity contribution in [2.45, 2.75) is 13.0 Å². The van der Waals surface area contributed by atoms with E-state index in [9.17, 15) is 9.59 Å². The first-order valence-corrected chi connectivity index (χ1v) is 5.99. The standard InChI is InChI=1S/C11H12Cl2N2O4/c1-5-2-3-6(12)9(8(5)13)15-11(19)14-4-7(16)10(17)18/h2-3,7,16H,4H2,1H3,(H,17,18)(H2,14,15,19)/t7-/m0/s1. The smallest absolute Gasteiger partial charge is 0.334 e. The maximum absolute atomic E-state index is 11.5. The van der Waals surface area contributed by atoms with Gasteiger partial charge in [-0.15, -0.1) is 0 Å². The van der Waals surface area contributed by atoms with Gasteiger partial charge in [0.05, 0.1) is 22.3 Å². The van der Waals surface area contributed by atoms with Gasteiger partial charge in [0.1, 0.15) is 0 Å². The highest BCUT2D eigenvalue weighted by atomic mass is 35.5. The van der Waals surface area contributed by atoms with Gasteiger partial charge in [-0.2, -0.15) is 0 Å². The third-order valence-electron chi connectivity index (χ3n) is 2.26. The molecule has 1 aromatic carbocycles. The van der Waals surface area contributed by atoms with E-state index in [-0.39, 0.29) is 10.7 Å². The van der Waals surface area contributed by atoms with Gasteiger partial charge in [-0.3, -0.25) is 0 Å². The third-order valence-corrected chi connectivity index (χ3v) is 3.07. The quantitative estimate of drug-likeness (QED) is 0.682. The minimum atomic E-state index is -1.67. The number of urea groups is 1. The molecule has 0 aromatic heterocycles. The first-order chi connectivity index (χ1) is 8.82. The van der Waals surface area contributed by atoms with Crippen LogP contribution in [0.1, 0.15) is 5.56 Å². The fraction of sp³-hybridized carbons (Fsp3) is 0.273. The Balaban J connectivity index is 2.68. The van der Waals surface area contributed by atoms with E-state index in [4.69, 9.17) is 33.4 Å². The van der Waals surface area contributed by atoms with Crippen LogP contribution in [0.4, 0.5) is 10.5 Å². The van der Waals surface area contributed by atoms with Crippen LogP contribution in [0.5, 0.6) is 0 Å². The van der Waals surface area contributed by atoms with E-state index >= 15 is 0 Å². The molecule has 6 nitrogen and oxygen atoms in total. The number of aliphatic hydroxyl groups is 1.